The number of ether oxygens (including phenoxy) is 1. The quantitative estimate of drug-likeness (QED) is 0.314. The predicted molar refractivity (Wildman–Crippen MR) is 141 cm³/mol. The zero-order valence-electron chi connectivity index (χ0n) is 21.3. The van der Waals surface area contributed by atoms with E-state index < -0.39 is 48.2 Å². The Balaban J connectivity index is 2.17. The van der Waals surface area contributed by atoms with Gasteiger partial charge in [-0.25, -0.2) is 22.8 Å². The number of rotatable bonds is 10. The first kappa shape index (κ1) is 29.2. The molecule has 7 nitrogen and oxygen atoms in total. The molecule has 2 heterocycles. The number of alkyl halides is 2. The van der Waals surface area contributed by atoms with Crippen molar-refractivity contribution in [2.24, 2.45) is 4.99 Å². The molecule has 0 radical (unpaired) electrons. The molecule has 11 heteroatoms. The minimum Gasteiger partial charge on any atom is -0.478 e. The van der Waals surface area contributed by atoms with Gasteiger partial charge >= 0.3 is 11.9 Å². The van der Waals surface area contributed by atoms with Crippen LogP contribution in [0.4, 0.5) is 13.2 Å². The van der Waals surface area contributed by atoms with Gasteiger partial charge in [-0.05, 0) is 43.9 Å². The number of aliphatic imine (C=N–C) groups is 1. The number of carbonyl (C=O) groups excluding carboxylic acids is 1. The van der Waals surface area contributed by atoms with Crippen molar-refractivity contribution in [1.29, 1.82) is 0 Å². The summed E-state index contributed by atoms with van der Waals surface area (Å²) < 4.78 is 48.1. The lowest BCUT2D eigenvalue weighted by molar-refractivity contribution is -0.139. The SMILES string of the molecule is C=C(S/C=C\C)C1=N[C@@](C)(c2ccc(F)cc2)C(C(=O)OCC)=C(CN2CC(F)(F)CC2/C=C/C(=O)O)N1. The highest BCUT2D eigenvalue weighted by Crippen LogP contribution is 2.41. The number of hydrogen-bond donors (Lipinski definition) is 2. The molecule has 0 saturated carbocycles. The fourth-order valence-electron chi connectivity index (χ4n) is 4.45. The number of likely N-dealkylation sites (tertiary alicyclic amines) is 1. The fourth-order valence-corrected chi connectivity index (χ4v) is 4.95. The first-order valence-electron chi connectivity index (χ1n) is 11.9. The van der Waals surface area contributed by atoms with E-state index in [-0.39, 0.29) is 24.4 Å². The van der Waals surface area contributed by atoms with Gasteiger partial charge in [-0.2, -0.15) is 0 Å². The van der Waals surface area contributed by atoms with Crippen LogP contribution in [0.15, 0.2) is 75.6 Å². The average Bonchev–Trinajstić information content (AvgIpc) is 3.14. The molecule has 1 unspecified atom stereocenters. The number of nitrogens with one attached hydrogen (secondary N) is 1. The van der Waals surface area contributed by atoms with Crippen molar-refractivity contribution in [3.05, 3.63) is 82.0 Å². The minimum absolute atomic E-state index is 0.0568. The van der Waals surface area contributed by atoms with E-state index in [0.717, 1.165) is 6.08 Å². The van der Waals surface area contributed by atoms with E-state index in [1.54, 1.807) is 19.3 Å². The summed E-state index contributed by atoms with van der Waals surface area (Å²) in [5, 5.41) is 13.9. The van der Waals surface area contributed by atoms with Crippen LogP contribution in [-0.4, -0.2) is 59.4 Å². The van der Waals surface area contributed by atoms with Gasteiger partial charge in [-0.3, -0.25) is 9.89 Å². The highest BCUT2D eigenvalue weighted by atomic mass is 32.2. The summed E-state index contributed by atoms with van der Waals surface area (Å²) >= 11 is 1.28. The number of nitrogens with zero attached hydrogens (tertiary/aromatic N) is 2. The zero-order chi connectivity index (χ0) is 28.1. The molecule has 1 aromatic rings. The minimum atomic E-state index is -3.06. The third kappa shape index (κ3) is 6.76. The molecule has 0 bridgehead atoms. The van der Waals surface area contributed by atoms with Crippen LogP contribution in [0.5, 0.6) is 0 Å². The highest BCUT2D eigenvalue weighted by molar-refractivity contribution is 8.06. The Morgan fingerprint density at radius 2 is 2.03 bits per heavy atom. The molecule has 2 aliphatic heterocycles. The molecular formula is C27H30F3N3O4S. The van der Waals surface area contributed by atoms with Gasteiger partial charge in [0.2, 0.25) is 0 Å². The van der Waals surface area contributed by atoms with Crippen LogP contribution in [0.1, 0.15) is 32.8 Å². The third-order valence-corrected chi connectivity index (χ3v) is 7.01. The van der Waals surface area contributed by atoms with Crippen molar-refractivity contribution in [3.8, 4) is 0 Å². The Morgan fingerprint density at radius 3 is 2.63 bits per heavy atom. The van der Waals surface area contributed by atoms with Crippen molar-refractivity contribution < 1.29 is 32.6 Å². The van der Waals surface area contributed by atoms with Gasteiger partial charge < -0.3 is 15.2 Å². The number of carboxylic acids is 1. The number of halogens is 3. The summed E-state index contributed by atoms with van der Waals surface area (Å²) in [4.78, 5) is 31.1. The Hall–Kier alpha value is -3.31. The maximum atomic E-state index is 14.5. The summed E-state index contributed by atoms with van der Waals surface area (Å²) in [6.45, 7) is 8.46. The van der Waals surface area contributed by atoms with Crippen molar-refractivity contribution >= 4 is 29.5 Å². The zero-order valence-corrected chi connectivity index (χ0v) is 22.2. The van der Waals surface area contributed by atoms with Crippen molar-refractivity contribution in [1.82, 2.24) is 10.2 Å². The Kier molecular flexibility index (Phi) is 9.26. The molecule has 3 rings (SSSR count). The Labute approximate surface area is 223 Å². The molecule has 204 valence electrons. The summed E-state index contributed by atoms with van der Waals surface area (Å²) in [7, 11) is 0. The first-order chi connectivity index (χ1) is 17.9. The van der Waals surface area contributed by atoms with Gasteiger partial charge in [0.15, 0.2) is 0 Å². The largest absolute Gasteiger partial charge is 0.478 e. The number of amidine groups is 1. The molecule has 38 heavy (non-hydrogen) atoms. The molecule has 0 aromatic heterocycles. The van der Waals surface area contributed by atoms with Crippen LogP contribution in [0.2, 0.25) is 0 Å². The molecule has 0 amide bonds. The lowest BCUT2D eigenvalue weighted by Crippen LogP contribution is -2.45. The number of esters is 1. The molecule has 1 saturated heterocycles. The topological polar surface area (TPSA) is 91.2 Å². The molecule has 2 atom stereocenters. The molecular weight excluding hydrogens is 519 g/mol. The van der Waals surface area contributed by atoms with Crippen LogP contribution < -0.4 is 5.32 Å². The second kappa shape index (κ2) is 12.0. The van der Waals surface area contributed by atoms with E-state index in [1.165, 1.54) is 47.0 Å². The average molecular weight is 550 g/mol. The number of carbonyl (C=O) groups is 2. The van der Waals surface area contributed by atoms with E-state index in [4.69, 9.17) is 14.8 Å². The number of carboxylic acid groups (broad SMARTS) is 1. The number of thioether (sulfide) groups is 1. The number of hydrogen-bond acceptors (Lipinski definition) is 7. The summed E-state index contributed by atoms with van der Waals surface area (Å²) in [6, 6.07) is 4.61. The van der Waals surface area contributed by atoms with E-state index >= 15 is 0 Å². The fraction of sp³-hybridized carbons (Fsp3) is 0.370. The first-order valence-corrected chi connectivity index (χ1v) is 12.8. The molecule has 2 aliphatic rings. The van der Waals surface area contributed by atoms with Gasteiger partial charge in [-0.1, -0.05) is 42.6 Å². The van der Waals surface area contributed by atoms with E-state index in [1.807, 2.05) is 13.0 Å². The van der Waals surface area contributed by atoms with Gasteiger partial charge in [0.25, 0.3) is 5.92 Å². The van der Waals surface area contributed by atoms with Gasteiger partial charge in [0, 0.05) is 35.7 Å². The molecule has 0 aliphatic carbocycles. The van der Waals surface area contributed by atoms with Crippen LogP contribution in [0, 0.1) is 5.82 Å². The van der Waals surface area contributed by atoms with Crippen molar-refractivity contribution in [2.75, 3.05) is 19.7 Å². The maximum absolute atomic E-state index is 14.5. The van der Waals surface area contributed by atoms with Crippen LogP contribution in [0.25, 0.3) is 0 Å². The van der Waals surface area contributed by atoms with Gasteiger partial charge in [0.05, 0.1) is 18.7 Å². The Morgan fingerprint density at radius 1 is 1.34 bits per heavy atom. The lowest BCUT2D eigenvalue weighted by Gasteiger charge is -2.37. The van der Waals surface area contributed by atoms with Crippen molar-refractivity contribution in [3.63, 3.8) is 0 Å². The summed E-state index contributed by atoms with van der Waals surface area (Å²) in [5.74, 6) is -5.18. The number of allylic oxidation sites excluding steroid dienone is 1. The van der Waals surface area contributed by atoms with Crippen LogP contribution in [0.3, 0.4) is 0 Å². The summed E-state index contributed by atoms with van der Waals surface area (Å²) in [5.41, 5.74) is -0.552. The molecule has 1 aromatic carbocycles. The van der Waals surface area contributed by atoms with Gasteiger partial charge in [-0.15, -0.1) is 0 Å². The predicted octanol–water partition coefficient (Wildman–Crippen LogP) is 4.99. The van der Waals surface area contributed by atoms with Crippen molar-refractivity contribution in [2.45, 2.75) is 44.7 Å². The molecule has 2 N–H and O–H groups in total. The van der Waals surface area contributed by atoms with Crippen LogP contribution >= 0.6 is 11.8 Å². The second-order valence-electron chi connectivity index (χ2n) is 8.98. The molecule has 0 spiro atoms. The third-order valence-electron chi connectivity index (χ3n) is 6.12. The van der Waals surface area contributed by atoms with Crippen LogP contribution in [-0.2, 0) is 19.9 Å². The van der Waals surface area contributed by atoms with Gasteiger partial charge in [0.1, 0.15) is 17.2 Å². The van der Waals surface area contributed by atoms with E-state index in [0.29, 0.717) is 16.3 Å². The molecule has 1 fully saturated rings. The smallest absolute Gasteiger partial charge is 0.338 e. The number of benzene rings is 1. The highest BCUT2D eigenvalue weighted by Gasteiger charge is 2.47. The standard InChI is InChI=1S/C27H30F3N3O4S/c1-5-13-38-17(3)24-31-21(15-33-16-27(29,30)14-20(33)11-12-22(34)35)23(25(36)37-6-2)26(4,32-24)18-7-9-19(28)10-8-18/h5,7-13,20H,3,6,14-16H2,1-2,4H3,(H,31,32)(H,34,35)/b12-11+,13-5-/t20?,26-/m0/s1. The summed E-state index contributed by atoms with van der Waals surface area (Å²) in [6.07, 6.45) is 3.29. The van der Waals surface area contributed by atoms with E-state index in [2.05, 4.69) is 11.9 Å². The normalized spacial score (nSPS) is 23.5. The maximum Gasteiger partial charge on any atom is 0.338 e. The second-order valence-corrected chi connectivity index (χ2v) is 9.98. The number of aliphatic carboxylic acids is 1. The van der Waals surface area contributed by atoms with E-state index in [9.17, 15) is 22.8 Å². The Bertz CT molecular complexity index is 1210. The lowest BCUT2D eigenvalue weighted by atomic mass is 9.82. The monoisotopic (exact) mass is 549 g/mol.